The molecule has 0 spiro atoms. The average Bonchev–Trinajstić information content (AvgIpc) is 2.52. The first-order valence-corrected chi connectivity index (χ1v) is 5.99. The summed E-state index contributed by atoms with van der Waals surface area (Å²) in [6.45, 7) is 5.70. The number of hydrogen-bond acceptors (Lipinski definition) is 2. The number of amides is 1. The van der Waals surface area contributed by atoms with Gasteiger partial charge in [0.2, 0.25) is 5.91 Å². The molecule has 104 valence electrons. The van der Waals surface area contributed by atoms with Gasteiger partial charge in [-0.15, -0.1) is 0 Å². The van der Waals surface area contributed by atoms with Crippen LogP contribution in [-0.2, 0) is 9.53 Å². The Morgan fingerprint density at radius 2 is 1.83 bits per heavy atom. The fraction of sp³-hybridized carbons (Fsp3) is 0.917. The topological polar surface area (TPSA) is 38.3 Å². The number of carbonyl (C=O) groups excluding carboxylic acids is 1. The molecule has 3 nitrogen and oxygen atoms in total. The van der Waals surface area contributed by atoms with Gasteiger partial charge in [0.05, 0.1) is 12.1 Å². The van der Waals surface area contributed by atoms with Crippen LogP contribution in [0.5, 0.6) is 0 Å². The summed E-state index contributed by atoms with van der Waals surface area (Å²) < 4.78 is 43.0. The molecule has 1 amide bonds. The van der Waals surface area contributed by atoms with Gasteiger partial charge in [-0.2, -0.15) is 13.2 Å². The van der Waals surface area contributed by atoms with E-state index in [2.05, 4.69) is 5.32 Å². The van der Waals surface area contributed by atoms with E-state index in [1.165, 1.54) is 0 Å². The minimum Gasteiger partial charge on any atom is -0.363 e. The molecule has 0 unspecified atom stereocenters. The molecule has 0 aromatic rings. The zero-order chi connectivity index (χ0) is 13.8. The van der Waals surface area contributed by atoms with Crippen molar-refractivity contribution in [2.75, 3.05) is 6.61 Å². The first-order chi connectivity index (χ1) is 7.97. The van der Waals surface area contributed by atoms with Crippen LogP contribution in [0, 0.1) is 5.41 Å². The van der Waals surface area contributed by atoms with Gasteiger partial charge in [0.25, 0.3) is 0 Å². The molecule has 0 atom stereocenters. The first-order valence-electron chi connectivity index (χ1n) is 5.99. The van der Waals surface area contributed by atoms with E-state index >= 15 is 0 Å². The van der Waals surface area contributed by atoms with E-state index in [1.807, 2.05) is 20.8 Å². The predicted molar refractivity (Wildman–Crippen MR) is 58.9 cm³/mol. The van der Waals surface area contributed by atoms with Gasteiger partial charge in [-0.25, -0.2) is 0 Å². The van der Waals surface area contributed by atoms with Crippen molar-refractivity contribution in [3.63, 3.8) is 0 Å². The monoisotopic (exact) mass is 265 g/mol. The third-order valence-corrected chi connectivity index (χ3v) is 3.48. The third-order valence-electron chi connectivity index (χ3n) is 3.48. The van der Waals surface area contributed by atoms with E-state index in [4.69, 9.17) is 4.74 Å². The maximum Gasteiger partial charge on any atom is 0.417 e. The van der Waals surface area contributed by atoms with Crippen molar-refractivity contribution in [1.82, 2.24) is 5.32 Å². The maximum atomic E-state index is 12.7. The van der Waals surface area contributed by atoms with Gasteiger partial charge in [-0.1, -0.05) is 20.8 Å². The Morgan fingerprint density at radius 3 is 2.22 bits per heavy atom. The smallest absolute Gasteiger partial charge is 0.363 e. The molecule has 1 aliphatic carbocycles. The fourth-order valence-corrected chi connectivity index (χ4v) is 2.75. The number of nitrogens with one attached hydrogen (secondary N) is 1. The fourth-order valence-electron chi connectivity index (χ4n) is 2.75. The highest BCUT2D eigenvalue weighted by Gasteiger charge is 2.74. The second kappa shape index (κ2) is 3.62. The summed E-state index contributed by atoms with van der Waals surface area (Å²) in [5.41, 5.74) is -2.98. The largest absolute Gasteiger partial charge is 0.417 e. The SMILES string of the molecule is CC(C)(C)CC(=O)NC12COC(C(F)(F)F)(C1)C2. The molecule has 2 bridgehead atoms. The Morgan fingerprint density at radius 1 is 1.28 bits per heavy atom. The van der Waals surface area contributed by atoms with Crippen LogP contribution >= 0.6 is 0 Å². The van der Waals surface area contributed by atoms with Gasteiger partial charge < -0.3 is 10.1 Å². The molecule has 3 fully saturated rings. The Bertz CT molecular complexity index is 364. The highest BCUT2D eigenvalue weighted by molar-refractivity contribution is 5.77. The summed E-state index contributed by atoms with van der Waals surface area (Å²) >= 11 is 0. The van der Waals surface area contributed by atoms with Crippen molar-refractivity contribution in [3.8, 4) is 0 Å². The normalized spacial score (nSPS) is 35.2. The lowest BCUT2D eigenvalue weighted by Gasteiger charge is -2.45. The maximum absolute atomic E-state index is 12.7. The molecule has 6 heteroatoms. The van der Waals surface area contributed by atoms with Crippen molar-refractivity contribution in [2.45, 2.75) is 57.3 Å². The second-order valence-electron chi connectivity index (χ2n) is 6.70. The van der Waals surface area contributed by atoms with E-state index in [0.717, 1.165) is 0 Å². The van der Waals surface area contributed by atoms with E-state index in [-0.39, 0.29) is 30.8 Å². The number of halogens is 3. The van der Waals surface area contributed by atoms with Gasteiger partial charge >= 0.3 is 6.18 Å². The van der Waals surface area contributed by atoms with Crippen LogP contribution in [0.2, 0.25) is 0 Å². The zero-order valence-corrected chi connectivity index (χ0v) is 10.8. The molecule has 1 saturated carbocycles. The molecule has 3 aliphatic rings. The lowest BCUT2D eigenvalue weighted by atomic mass is 9.68. The summed E-state index contributed by atoms with van der Waals surface area (Å²) in [5, 5.41) is 2.71. The van der Waals surface area contributed by atoms with Crippen molar-refractivity contribution >= 4 is 5.91 Å². The Balaban J connectivity index is 1.94. The highest BCUT2D eigenvalue weighted by Crippen LogP contribution is 2.59. The number of hydrogen-bond donors (Lipinski definition) is 1. The van der Waals surface area contributed by atoms with Crippen LogP contribution in [0.4, 0.5) is 13.2 Å². The van der Waals surface area contributed by atoms with Crippen molar-refractivity contribution < 1.29 is 22.7 Å². The minimum absolute atomic E-state index is 0.0393. The molecule has 3 rings (SSSR count). The van der Waals surface area contributed by atoms with E-state index in [0.29, 0.717) is 6.42 Å². The van der Waals surface area contributed by atoms with Crippen LogP contribution in [0.25, 0.3) is 0 Å². The number of alkyl halides is 3. The van der Waals surface area contributed by atoms with Gasteiger partial charge in [-0.3, -0.25) is 4.79 Å². The van der Waals surface area contributed by atoms with Gasteiger partial charge in [0.15, 0.2) is 5.60 Å². The number of carbonyl (C=O) groups is 1. The van der Waals surface area contributed by atoms with Gasteiger partial charge in [0, 0.05) is 19.3 Å². The predicted octanol–water partition coefficient (Wildman–Crippen LogP) is 2.40. The van der Waals surface area contributed by atoms with Crippen molar-refractivity contribution in [3.05, 3.63) is 0 Å². The highest BCUT2D eigenvalue weighted by atomic mass is 19.4. The van der Waals surface area contributed by atoms with Crippen molar-refractivity contribution in [2.24, 2.45) is 5.41 Å². The summed E-state index contributed by atoms with van der Waals surface area (Å²) in [5.74, 6) is -0.205. The molecule has 0 aromatic carbocycles. The molecular weight excluding hydrogens is 247 g/mol. The van der Waals surface area contributed by atoms with Gasteiger partial charge in [-0.05, 0) is 5.41 Å². The molecule has 0 radical (unpaired) electrons. The lowest BCUT2D eigenvalue weighted by molar-refractivity contribution is -0.273. The van der Waals surface area contributed by atoms with Crippen LogP contribution in [0.1, 0.15) is 40.0 Å². The van der Waals surface area contributed by atoms with Crippen LogP contribution in [-0.4, -0.2) is 29.8 Å². The Labute approximate surface area is 104 Å². The van der Waals surface area contributed by atoms with Crippen molar-refractivity contribution in [1.29, 1.82) is 0 Å². The molecule has 18 heavy (non-hydrogen) atoms. The molecule has 0 aromatic heterocycles. The third kappa shape index (κ3) is 2.22. The summed E-state index contributed by atoms with van der Waals surface area (Å²) in [6, 6.07) is 0. The summed E-state index contributed by atoms with van der Waals surface area (Å²) in [4.78, 5) is 11.8. The molecule has 1 N–H and O–H groups in total. The van der Waals surface area contributed by atoms with E-state index in [9.17, 15) is 18.0 Å². The number of rotatable bonds is 2. The average molecular weight is 265 g/mol. The number of fused-ring (bicyclic) bond motifs is 1. The van der Waals surface area contributed by atoms with Gasteiger partial charge in [0.1, 0.15) is 0 Å². The molecular formula is C12H18F3NO2. The Hall–Kier alpha value is -0.780. The van der Waals surface area contributed by atoms with Crippen LogP contribution < -0.4 is 5.32 Å². The van der Waals surface area contributed by atoms with E-state index < -0.39 is 17.3 Å². The second-order valence-corrected chi connectivity index (χ2v) is 6.70. The molecule has 2 aliphatic heterocycles. The van der Waals surface area contributed by atoms with E-state index in [1.54, 1.807) is 0 Å². The summed E-state index contributed by atoms with van der Waals surface area (Å²) in [6.07, 6.45) is -4.35. The quantitative estimate of drug-likeness (QED) is 0.832. The minimum atomic E-state index is -4.35. The Kier molecular flexibility index (Phi) is 2.74. The molecule has 2 saturated heterocycles. The number of ether oxygens (including phenoxy) is 1. The first kappa shape index (κ1) is 13.6. The molecule has 2 heterocycles. The van der Waals surface area contributed by atoms with Crippen LogP contribution in [0.15, 0.2) is 0 Å². The zero-order valence-electron chi connectivity index (χ0n) is 10.8. The summed E-state index contributed by atoms with van der Waals surface area (Å²) in [7, 11) is 0. The lowest BCUT2D eigenvalue weighted by Crippen LogP contribution is -2.64. The van der Waals surface area contributed by atoms with Crippen LogP contribution in [0.3, 0.4) is 0 Å². The standard InChI is InChI=1S/C12H18F3NO2/c1-9(2,3)4-8(17)16-10-5-11(6-10,18-7-10)12(13,14)15/h4-7H2,1-3H3,(H,16,17).